The Morgan fingerprint density at radius 1 is 1.04 bits per heavy atom. The molecular formula is C23H28N2O3. The van der Waals surface area contributed by atoms with E-state index >= 15 is 0 Å². The molecule has 1 fully saturated rings. The number of piperazine rings is 1. The van der Waals surface area contributed by atoms with Crippen LogP contribution in [0, 0.1) is 0 Å². The van der Waals surface area contributed by atoms with Crippen molar-refractivity contribution in [2.45, 2.75) is 13.0 Å². The monoisotopic (exact) mass is 380 g/mol. The van der Waals surface area contributed by atoms with Gasteiger partial charge in [-0.15, -0.1) is 0 Å². The first kappa shape index (κ1) is 20.0. The molecule has 1 heterocycles. The largest absolute Gasteiger partial charge is 0.493 e. The highest BCUT2D eigenvalue weighted by molar-refractivity contribution is 5.97. The Morgan fingerprint density at radius 2 is 1.75 bits per heavy atom. The van der Waals surface area contributed by atoms with Crippen molar-refractivity contribution in [1.29, 1.82) is 0 Å². The number of hydrogen-bond donors (Lipinski definition) is 0. The highest BCUT2D eigenvalue weighted by Crippen LogP contribution is 2.33. The van der Waals surface area contributed by atoms with Crippen molar-refractivity contribution < 1.29 is 14.3 Å². The molecule has 5 nitrogen and oxygen atoms in total. The smallest absolute Gasteiger partial charge is 0.249 e. The number of methoxy groups -OCH3 is 2. The van der Waals surface area contributed by atoms with Gasteiger partial charge in [0.1, 0.15) is 0 Å². The van der Waals surface area contributed by atoms with E-state index in [-0.39, 0.29) is 11.9 Å². The molecule has 0 radical (unpaired) electrons. The van der Waals surface area contributed by atoms with Gasteiger partial charge in [-0.1, -0.05) is 36.4 Å². The summed E-state index contributed by atoms with van der Waals surface area (Å²) in [7, 11) is 5.36. The van der Waals surface area contributed by atoms with Gasteiger partial charge >= 0.3 is 0 Å². The second-order valence-electron chi connectivity index (χ2n) is 7.10. The van der Waals surface area contributed by atoms with Crippen LogP contribution in [-0.4, -0.2) is 56.6 Å². The number of carbonyl (C=O) groups is 1. The third-order valence-electron chi connectivity index (χ3n) is 5.25. The summed E-state index contributed by atoms with van der Waals surface area (Å²) in [6.07, 6.45) is 1.95. The van der Waals surface area contributed by atoms with Crippen LogP contribution in [0.15, 0.2) is 54.1 Å². The van der Waals surface area contributed by atoms with E-state index in [0.717, 1.165) is 29.8 Å². The number of likely N-dealkylation sites (N-methyl/N-ethyl adjacent to an activating group) is 1. The number of rotatable bonds is 5. The van der Waals surface area contributed by atoms with E-state index in [4.69, 9.17) is 9.47 Å². The van der Waals surface area contributed by atoms with Crippen LogP contribution in [0.3, 0.4) is 0 Å². The fourth-order valence-corrected chi connectivity index (χ4v) is 3.59. The van der Waals surface area contributed by atoms with Crippen molar-refractivity contribution in [2.24, 2.45) is 0 Å². The molecule has 5 heteroatoms. The standard InChI is InChI=1S/C23H28N2O3/c1-17(14-18-8-6-5-7-9-18)23(26)25-13-12-24(2)20(16-25)19-10-11-21(27-3)22(15-19)28-4/h5-11,14-15,20H,12-13,16H2,1-4H3/b17-14+. The summed E-state index contributed by atoms with van der Waals surface area (Å²) in [6.45, 7) is 4.08. The lowest BCUT2D eigenvalue weighted by Crippen LogP contribution is -2.49. The molecule has 1 unspecified atom stereocenters. The van der Waals surface area contributed by atoms with Gasteiger partial charge in [0.05, 0.1) is 20.3 Å². The third kappa shape index (κ3) is 4.37. The van der Waals surface area contributed by atoms with Crippen LogP contribution in [0.25, 0.3) is 6.08 Å². The van der Waals surface area contributed by atoms with Crippen LogP contribution in [0.5, 0.6) is 11.5 Å². The van der Waals surface area contributed by atoms with Crippen LogP contribution in [0.4, 0.5) is 0 Å². The van der Waals surface area contributed by atoms with Gasteiger partial charge in [-0.3, -0.25) is 9.69 Å². The van der Waals surface area contributed by atoms with E-state index in [9.17, 15) is 4.79 Å². The van der Waals surface area contributed by atoms with E-state index < -0.39 is 0 Å². The van der Waals surface area contributed by atoms with Gasteiger partial charge in [-0.05, 0) is 43.3 Å². The highest BCUT2D eigenvalue weighted by Gasteiger charge is 2.29. The van der Waals surface area contributed by atoms with Crippen molar-refractivity contribution in [3.05, 3.63) is 65.2 Å². The van der Waals surface area contributed by atoms with E-state index in [1.807, 2.05) is 66.4 Å². The Hall–Kier alpha value is -2.79. The fraction of sp³-hybridized carbons (Fsp3) is 0.348. The zero-order valence-corrected chi connectivity index (χ0v) is 17.0. The molecule has 0 bridgehead atoms. The number of benzene rings is 2. The van der Waals surface area contributed by atoms with Gasteiger partial charge in [0.15, 0.2) is 11.5 Å². The summed E-state index contributed by atoms with van der Waals surface area (Å²) < 4.78 is 10.8. The van der Waals surface area contributed by atoms with Crippen LogP contribution in [0.1, 0.15) is 24.1 Å². The summed E-state index contributed by atoms with van der Waals surface area (Å²) >= 11 is 0. The first-order valence-electron chi connectivity index (χ1n) is 9.48. The van der Waals surface area contributed by atoms with Crippen molar-refractivity contribution in [1.82, 2.24) is 9.80 Å². The second-order valence-corrected chi connectivity index (χ2v) is 7.10. The molecule has 0 N–H and O–H groups in total. The maximum Gasteiger partial charge on any atom is 0.249 e. The Kier molecular flexibility index (Phi) is 6.37. The molecule has 28 heavy (non-hydrogen) atoms. The Bertz CT molecular complexity index is 848. The quantitative estimate of drug-likeness (QED) is 0.743. The zero-order valence-electron chi connectivity index (χ0n) is 17.0. The molecule has 148 valence electrons. The van der Waals surface area contributed by atoms with Gasteiger partial charge in [0.25, 0.3) is 0 Å². The van der Waals surface area contributed by atoms with Crippen molar-refractivity contribution >= 4 is 12.0 Å². The molecule has 1 saturated heterocycles. The van der Waals surface area contributed by atoms with Crippen LogP contribution < -0.4 is 9.47 Å². The first-order chi connectivity index (χ1) is 13.5. The minimum absolute atomic E-state index is 0.0856. The van der Waals surface area contributed by atoms with E-state index in [1.54, 1.807) is 14.2 Å². The zero-order chi connectivity index (χ0) is 20.1. The minimum Gasteiger partial charge on any atom is -0.493 e. The molecule has 0 saturated carbocycles. The summed E-state index contributed by atoms with van der Waals surface area (Å²) in [5.41, 5.74) is 2.91. The van der Waals surface area contributed by atoms with Crippen molar-refractivity contribution in [2.75, 3.05) is 40.9 Å². The number of hydrogen-bond acceptors (Lipinski definition) is 4. The number of ether oxygens (including phenoxy) is 2. The molecule has 2 aromatic carbocycles. The number of nitrogens with zero attached hydrogens (tertiary/aromatic N) is 2. The maximum absolute atomic E-state index is 13.0. The Morgan fingerprint density at radius 3 is 2.43 bits per heavy atom. The maximum atomic E-state index is 13.0. The van der Waals surface area contributed by atoms with E-state index in [2.05, 4.69) is 11.9 Å². The lowest BCUT2D eigenvalue weighted by Gasteiger charge is -2.40. The lowest BCUT2D eigenvalue weighted by atomic mass is 10.0. The summed E-state index contributed by atoms with van der Waals surface area (Å²) in [5, 5.41) is 0. The lowest BCUT2D eigenvalue weighted by molar-refractivity contribution is -0.129. The SMILES string of the molecule is COc1ccc(C2CN(C(=O)/C(C)=C/c3ccccc3)CCN2C)cc1OC. The molecule has 1 amide bonds. The van der Waals surface area contributed by atoms with Gasteiger partial charge in [-0.2, -0.15) is 0 Å². The molecular weight excluding hydrogens is 352 g/mol. The predicted molar refractivity (Wildman–Crippen MR) is 112 cm³/mol. The van der Waals surface area contributed by atoms with Crippen molar-refractivity contribution in [3.8, 4) is 11.5 Å². The number of carbonyl (C=O) groups excluding carboxylic acids is 1. The van der Waals surface area contributed by atoms with Gasteiger partial charge < -0.3 is 14.4 Å². The van der Waals surface area contributed by atoms with Gasteiger partial charge in [0, 0.05) is 25.2 Å². The molecule has 0 spiro atoms. The average molecular weight is 380 g/mol. The Labute approximate surface area is 167 Å². The minimum atomic E-state index is 0.0856. The fourth-order valence-electron chi connectivity index (χ4n) is 3.59. The molecule has 1 atom stereocenters. The highest BCUT2D eigenvalue weighted by atomic mass is 16.5. The normalized spacial score (nSPS) is 18.1. The topological polar surface area (TPSA) is 42.0 Å². The molecule has 1 aliphatic rings. The third-order valence-corrected chi connectivity index (χ3v) is 5.25. The van der Waals surface area contributed by atoms with E-state index in [0.29, 0.717) is 18.0 Å². The summed E-state index contributed by atoms with van der Waals surface area (Å²) in [5.74, 6) is 1.50. The molecule has 0 aromatic heterocycles. The molecule has 1 aliphatic heterocycles. The first-order valence-corrected chi connectivity index (χ1v) is 9.48. The van der Waals surface area contributed by atoms with E-state index in [1.165, 1.54) is 0 Å². The molecule has 0 aliphatic carbocycles. The molecule has 3 rings (SSSR count). The van der Waals surface area contributed by atoms with Crippen LogP contribution >= 0.6 is 0 Å². The molecule has 2 aromatic rings. The summed E-state index contributed by atoms with van der Waals surface area (Å²) in [4.78, 5) is 17.2. The Balaban J connectivity index is 1.79. The second kappa shape index (κ2) is 8.93. The summed E-state index contributed by atoms with van der Waals surface area (Å²) in [6, 6.07) is 16.0. The van der Waals surface area contributed by atoms with Crippen LogP contribution in [0.2, 0.25) is 0 Å². The van der Waals surface area contributed by atoms with Crippen LogP contribution in [-0.2, 0) is 4.79 Å². The van der Waals surface area contributed by atoms with Gasteiger partial charge in [0.2, 0.25) is 5.91 Å². The van der Waals surface area contributed by atoms with Gasteiger partial charge in [-0.25, -0.2) is 0 Å². The predicted octanol–water partition coefficient (Wildman–Crippen LogP) is 3.62. The number of amides is 1. The van der Waals surface area contributed by atoms with Crippen molar-refractivity contribution in [3.63, 3.8) is 0 Å². The average Bonchev–Trinajstić information content (AvgIpc) is 2.73.